The summed E-state index contributed by atoms with van der Waals surface area (Å²) in [5.41, 5.74) is 0. The van der Waals surface area contributed by atoms with Gasteiger partial charge in [0, 0.05) is 25.9 Å². The summed E-state index contributed by atoms with van der Waals surface area (Å²) < 4.78 is 11.3. The minimum absolute atomic E-state index is 0.109. The molecule has 0 aromatic carbocycles. The van der Waals surface area contributed by atoms with Crippen LogP contribution in [0.5, 0.6) is 0 Å². The Morgan fingerprint density at radius 3 is 2.50 bits per heavy atom. The van der Waals surface area contributed by atoms with Crippen LogP contribution >= 0.6 is 0 Å². The van der Waals surface area contributed by atoms with Crippen LogP contribution in [-0.4, -0.2) is 65.3 Å². The lowest BCUT2D eigenvalue weighted by Crippen LogP contribution is -2.66. The van der Waals surface area contributed by atoms with Crippen LogP contribution in [0.4, 0.5) is 0 Å². The van der Waals surface area contributed by atoms with Crippen LogP contribution in [-0.2, 0) is 19.1 Å². The first-order valence-electron chi connectivity index (χ1n) is 10.4. The van der Waals surface area contributed by atoms with E-state index in [1.165, 1.54) is 0 Å². The van der Waals surface area contributed by atoms with E-state index in [-0.39, 0.29) is 42.1 Å². The maximum Gasteiger partial charge on any atom is 0.223 e. The molecule has 0 aromatic heterocycles. The summed E-state index contributed by atoms with van der Waals surface area (Å²) in [4.78, 5) is 29.5. The maximum absolute atomic E-state index is 13.2. The molecule has 0 aromatic rings. The van der Waals surface area contributed by atoms with Crippen LogP contribution < -0.4 is 0 Å². The Bertz CT molecular complexity index is 554. The molecule has 2 amide bonds. The van der Waals surface area contributed by atoms with Crippen molar-refractivity contribution >= 4 is 11.8 Å². The van der Waals surface area contributed by atoms with Crippen LogP contribution in [0.25, 0.3) is 0 Å². The molecule has 4 fully saturated rings. The minimum atomic E-state index is 0.109. The largest absolute Gasteiger partial charge is 0.349 e. The highest BCUT2D eigenvalue weighted by Gasteiger charge is 2.45. The Balaban J connectivity index is 1.42. The van der Waals surface area contributed by atoms with Gasteiger partial charge in [0.15, 0.2) is 0 Å². The monoisotopic (exact) mass is 364 g/mol. The van der Waals surface area contributed by atoms with Gasteiger partial charge >= 0.3 is 0 Å². The number of amides is 2. The number of nitrogens with zero attached hydrogens (tertiary/aromatic N) is 2. The van der Waals surface area contributed by atoms with Gasteiger partial charge in [-0.15, -0.1) is 0 Å². The second-order valence-corrected chi connectivity index (χ2v) is 8.65. The molecule has 6 heteroatoms. The number of carbonyl (C=O) groups excluding carboxylic acids is 2. The van der Waals surface area contributed by atoms with Gasteiger partial charge in [-0.3, -0.25) is 9.59 Å². The standard InChI is InChI=1S/C20H32N2O4/c1-13-11-21(16-5-3-4-6-17(16)22(13)14(2)23)20(24)10-15-7-8-18-19(9-15)26-12-25-18/h13,15-19H,3-12H2,1-2H3/t13-,15?,16?,17?,18?,19?/m0/s1. The smallest absolute Gasteiger partial charge is 0.223 e. The van der Waals surface area contributed by atoms with Crippen molar-refractivity contribution in [2.24, 2.45) is 5.92 Å². The SMILES string of the molecule is CC(=O)N1C2CCCCC2N(C(=O)CC2CCC3OCOC3C2)C[C@@H]1C. The van der Waals surface area contributed by atoms with Gasteiger partial charge in [-0.1, -0.05) is 12.8 Å². The van der Waals surface area contributed by atoms with E-state index < -0.39 is 0 Å². The van der Waals surface area contributed by atoms with Gasteiger partial charge in [0.1, 0.15) is 6.79 Å². The molecule has 0 bridgehead atoms. The first kappa shape index (κ1) is 18.2. The van der Waals surface area contributed by atoms with E-state index in [4.69, 9.17) is 9.47 Å². The zero-order valence-electron chi connectivity index (χ0n) is 16.1. The van der Waals surface area contributed by atoms with Crippen LogP contribution in [0.3, 0.4) is 0 Å². The van der Waals surface area contributed by atoms with E-state index in [0.29, 0.717) is 25.7 Å². The highest BCUT2D eigenvalue weighted by molar-refractivity contribution is 5.78. The third kappa shape index (κ3) is 3.38. The van der Waals surface area contributed by atoms with Crippen molar-refractivity contribution < 1.29 is 19.1 Å². The number of fused-ring (bicyclic) bond motifs is 2. The molecule has 0 N–H and O–H groups in total. The molecule has 2 saturated carbocycles. The van der Waals surface area contributed by atoms with Crippen molar-refractivity contribution in [2.75, 3.05) is 13.3 Å². The number of hydrogen-bond acceptors (Lipinski definition) is 4. The highest BCUT2D eigenvalue weighted by Crippen LogP contribution is 2.37. The van der Waals surface area contributed by atoms with Crippen molar-refractivity contribution in [3.05, 3.63) is 0 Å². The first-order valence-corrected chi connectivity index (χ1v) is 10.4. The molecule has 4 rings (SSSR count). The van der Waals surface area contributed by atoms with Crippen molar-refractivity contribution in [2.45, 2.75) is 95.5 Å². The Hall–Kier alpha value is -1.14. The lowest BCUT2D eigenvalue weighted by atomic mass is 9.81. The summed E-state index contributed by atoms with van der Waals surface area (Å²) in [7, 11) is 0. The number of ether oxygens (including phenoxy) is 2. The Morgan fingerprint density at radius 2 is 1.73 bits per heavy atom. The molecule has 146 valence electrons. The topological polar surface area (TPSA) is 59.1 Å². The molecular formula is C20H32N2O4. The molecule has 0 spiro atoms. The fourth-order valence-electron chi connectivity index (χ4n) is 5.76. The zero-order chi connectivity index (χ0) is 18.3. The third-order valence-corrected chi connectivity index (χ3v) is 6.94. The second-order valence-electron chi connectivity index (χ2n) is 8.65. The van der Waals surface area contributed by atoms with Gasteiger partial charge in [0.2, 0.25) is 11.8 Å². The Morgan fingerprint density at radius 1 is 1.00 bits per heavy atom. The molecule has 2 aliphatic heterocycles. The lowest BCUT2D eigenvalue weighted by Gasteiger charge is -2.53. The second kappa shape index (κ2) is 7.47. The van der Waals surface area contributed by atoms with Gasteiger partial charge in [0.25, 0.3) is 0 Å². The quantitative estimate of drug-likeness (QED) is 0.754. The summed E-state index contributed by atoms with van der Waals surface area (Å²) in [5.74, 6) is 0.825. The molecule has 6 atom stereocenters. The number of hydrogen-bond donors (Lipinski definition) is 0. The fraction of sp³-hybridized carbons (Fsp3) is 0.900. The van der Waals surface area contributed by atoms with Crippen LogP contribution in [0.15, 0.2) is 0 Å². The van der Waals surface area contributed by atoms with Gasteiger partial charge in [-0.2, -0.15) is 0 Å². The molecular weight excluding hydrogens is 332 g/mol. The highest BCUT2D eigenvalue weighted by atomic mass is 16.7. The van der Waals surface area contributed by atoms with E-state index in [9.17, 15) is 9.59 Å². The Kier molecular flexibility index (Phi) is 5.24. The average Bonchev–Trinajstić information content (AvgIpc) is 3.08. The summed E-state index contributed by atoms with van der Waals surface area (Å²) in [6, 6.07) is 0.521. The van der Waals surface area contributed by atoms with Crippen molar-refractivity contribution in [1.29, 1.82) is 0 Å². The molecule has 26 heavy (non-hydrogen) atoms. The number of piperazine rings is 1. The normalized spacial score (nSPS) is 40.1. The fourth-order valence-corrected chi connectivity index (χ4v) is 5.76. The predicted molar refractivity (Wildman–Crippen MR) is 96.3 cm³/mol. The first-order chi connectivity index (χ1) is 12.5. The third-order valence-electron chi connectivity index (χ3n) is 6.94. The Labute approximate surface area is 156 Å². The summed E-state index contributed by atoms with van der Waals surface area (Å²) >= 11 is 0. The predicted octanol–water partition coefficient (Wildman–Crippen LogP) is 2.31. The lowest BCUT2D eigenvalue weighted by molar-refractivity contribution is -0.153. The van der Waals surface area contributed by atoms with E-state index in [2.05, 4.69) is 11.8 Å². The molecule has 6 nitrogen and oxygen atoms in total. The van der Waals surface area contributed by atoms with Gasteiger partial charge < -0.3 is 19.3 Å². The molecule has 2 aliphatic carbocycles. The summed E-state index contributed by atoms with van der Waals surface area (Å²) in [5, 5.41) is 0. The summed E-state index contributed by atoms with van der Waals surface area (Å²) in [6.07, 6.45) is 8.38. The summed E-state index contributed by atoms with van der Waals surface area (Å²) in [6.45, 7) is 4.84. The van der Waals surface area contributed by atoms with E-state index in [1.807, 2.05) is 4.90 Å². The molecule has 2 saturated heterocycles. The molecule has 0 radical (unpaired) electrons. The van der Waals surface area contributed by atoms with Crippen LogP contribution in [0.1, 0.15) is 65.2 Å². The number of carbonyl (C=O) groups is 2. The number of rotatable bonds is 2. The molecule has 2 heterocycles. The molecule has 4 aliphatic rings. The average molecular weight is 364 g/mol. The van der Waals surface area contributed by atoms with E-state index >= 15 is 0 Å². The van der Waals surface area contributed by atoms with Gasteiger partial charge in [-0.05, 0) is 44.9 Å². The maximum atomic E-state index is 13.2. The van der Waals surface area contributed by atoms with E-state index in [1.54, 1.807) is 6.92 Å². The van der Waals surface area contributed by atoms with Crippen molar-refractivity contribution in [3.63, 3.8) is 0 Å². The van der Waals surface area contributed by atoms with Crippen LogP contribution in [0.2, 0.25) is 0 Å². The van der Waals surface area contributed by atoms with Crippen molar-refractivity contribution in [3.8, 4) is 0 Å². The van der Waals surface area contributed by atoms with E-state index in [0.717, 1.165) is 44.9 Å². The van der Waals surface area contributed by atoms with Crippen molar-refractivity contribution in [1.82, 2.24) is 9.80 Å². The van der Waals surface area contributed by atoms with Gasteiger partial charge in [-0.25, -0.2) is 0 Å². The van der Waals surface area contributed by atoms with Crippen LogP contribution in [0, 0.1) is 5.92 Å². The zero-order valence-corrected chi connectivity index (χ0v) is 16.1. The molecule has 5 unspecified atom stereocenters. The van der Waals surface area contributed by atoms with Gasteiger partial charge in [0.05, 0.1) is 24.3 Å². The minimum Gasteiger partial charge on any atom is -0.349 e.